The number of ether oxygens (including phenoxy) is 1. The molecule has 20 heavy (non-hydrogen) atoms. The van der Waals surface area contributed by atoms with Gasteiger partial charge in [0.2, 0.25) is 0 Å². The van der Waals surface area contributed by atoms with Crippen LogP contribution in [-0.4, -0.2) is 40.5 Å². The minimum atomic E-state index is 0.416. The minimum absolute atomic E-state index is 0.416. The molecule has 0 radical (unpaired) electrons. The molecule has 2 heterocycles. The first-order valence-electron chi connectivity index (χ1n) is 7.87. The molecule has 0 spiro atoms. The SMILES string of the molecule is Cc1c(CN2CCO[C@@H](CCCC(C)C)C2)cnn1C. The third-order valence-electron chi connectivity index (χ3n) is 4.26. The largest absolute Gasteiger partial charge is 0.376 e. The van der Waals surface area contributed by atoms with Crippen molar-refractivity contribution in [1.82, 2.24) is 14.7 Å². The van der Waals surface area contributed by atoms with E-state index < -0.39 is 0 Å². The number of aryl methyl sites for hydroxylation is 1. The van der Waals surface area contributed by atoms with Crippen molar-refractivity contribution in [2.45, 2.75) is 52.7 Å². The number of hydrogen-bond acceptors (Lipinski definition) is 3. The summed E-state index contributed by atoms with van der Waals surface area (Å²) in [5, 5.41) is 4.33. The summed E-state index contributed by atoms with van der Waals surface area (Å²) in [6.07, 6.45) is 6.20. The van der Waals surface area contributed by atoms with E-state index in [2.05, 4.69) is 30.8 Å². The molecule has 0 saturated carbocycles. The molecule has 4 nitrogen and oxygen atoms in total. The highest BCUT2D eigenvalue weighted by molar-refractivity contribution is 5.15. The minimum Gasteiger partial charge on any atom is -0.376 e. The molecule has 0 aromatic carbocycles. The van der Waals surface area contributed by atoms with Crippen molar-refractivity contribution in [3.63, 3.8) is 0 Å². The highest BCUT2D eigenvalue weighted by Crippen LogP contribution is 2.17. The molecule has 0 N–H and O–H groups in total. The predicted octanol–water partition coefficient (Wildman–Crippen LogP) is 2.76. The van der Waals surface area contributed by atoms with E-state index in [1.807, 2.05) is 17.9 Å². The monoisotopic (exact) mass is 279 g/mol. The summed E-state index contributed by atoms with van der Waals surface area (Å²) in [4.78, 5) is 2.51. The maximum atomic E-state index is 5.90. The first-order valence-corrected chi connectivity index (χ1v) is 7.87. The van der Waals surface area contributed by atoms with Crippen molar-refractivity contribution >= 4 is 0 Å². The second-order valence-corrected chi connectivity index (χ2v) is 6.43. The fourth-order valence-corrected chi connectivity index (χ4v) is 2.79. The van der Waals surface area contributed by atoms with Crippen LogP contribution in [0, 0.1) is 12.8 Å². The van der Waals surface area contributed by atoms with Crippen LogP contribution >= 0.6 is 0 Å². The summed E-state index contributed by atoms with van der Waals surface area (Å²) in [7, 11) is 2.01. The zero-order chi connectivity index (χ0) is 14.5. The standard InChI is InChI=1S/C16H29N3O/c1-13(2)6-5-7-16-12-19(8-9-20-16)11-15-10-17-18(4)14(15)3/h10,13,16H,5-9,11-12H2,1-4H3/t16-/m0/s1. The molecule has 1 atom stereocenters. The molecule has 1 aliphatic rings. The van der Waals surface area contributed by atoms with Crippen LogP contribution in [0.5, 0.6) is 0 Å². The van der Waals surface area contributed by atoms with Crippen LogP contribution in [0.4, 0.5) is 0 Å². The highest BCUT2D eigenvalue weighted by Gasteiger charge is 2.21. The molecule has 114 valence electrons. The molecular formula is C16H29N3O. The second kappa shape index (κ2) is 7.23. The number of morpholine rings is 1. The number of rotatable bonds is 6. The van der Waals surface area contributed by atoms with E-state index >= 15 is 0 Å². The van der Waals surface area contributed by atoms with Gasteiger partial charge >= 0.3 is 0 Å². The Bertz CT molecular complexity index is 414. The molecule has 1 aromatic heterocycles. The van der Waals surface area contributed by atoms with E-state index in [9.17, 15) is 0 Å². The lowest BCUT2D eigenvalue weighted by molar-refractivity contribution is -0.0360. The van der Waals surface area contributed by atoms with Crippen LogP contribution in [0.2, 0.25) is 0 Å². The van der Waals surface area contributed by atoms with Gasteiger partial charge in [-0.2, -0.15) is 5.10 Å². The molecule has 4 heteroatoms. The zero-order valence-electron chi connectivity index (χ0n) is 13.4. The molecule has 0 aliphatic carbocycles. The van der Waals surface area contributed by atoms with Crippen molar-refractivity contribution in [1.29, 1.82) is 0 Å². The Morgan fingerprint density at radius 3 is 2.90 bits per heavy atom. The van der Waals surface area contributed by atoms with Gasteiger partial charge < -0.3 is 4.74 Å². The fraction of sp³-hybridized carbons (Fsp3) is 0.812. The van der Waals surface area contributed by atoms with Gasteiger partial charge in [0, 0.05) is 37.9 Å². The third kappa shape index (κ3) is 4.32. The summed E-state index contributed by atoms with van der Waals surface area (Å²) in [6, 6.07) is 0. The molecule has 0 unspecified atom stereocenters. The molecule has 1 saturated heterocycles. The number of nitrogens with zero attached hydrogens (tertiary/aromatic N) is 3. The molecule has 1 aliphatic heterocycles. The van der Waals surface area contributed by atoms with Gasteiger partial charge in [0.05, 0.1) is 18.9 Å². The van der Waals surface area contributed by atoms with Crippen molar-refractivity contribution in [2.24, 2.45) is 13.0 Å². The maximum Gasteiger partial charge on any atom is 0.0702 e. The third-order valence-corrected chi connectivity index (χ3v) is 4.26. The first kappa shape index (κ1) is 15.5. The quantitative estimate of drug-likeness (QED) is 0.802. The lowest BCUT2D eigenvalue weighted by Crippen LogP contribution is -2.41. The van der Waals surface area contributed by atoms with Crippen LogP contribution in [0.15, 0.2) is 6.20 Å². The molecule has 1 fully saturated rings. The lowest BCUT2D eigenvalue weighted by Gasteiger charge is -2.33. The van der Waals surface area contributed by atoms with E-state index in [-0.39, 0.29) is 0 Å². The van der Waals surface area contributed by atoms with E-state index in [4.69, 9.17) is 4.74 Å². The Morgan fingerprint density at radius 1 is 1.45 bits per heavy atom. The predicted molar refractivity (Wildman–Crippen MR) is 81.7 cm³/mol. The van der Waals surface area contributed by atoms with E-state index in [0.29, 0.717) is 6.10 Å². The zero-order valence-corrected chi connectivity index (χ0v) is 13.4. The van der Waals surface area contributed by atoms with Crippen LogP contribution in [0.1, 0.15) is 44.4 Å². The van der Waals surface area contributed by atoms with Crippen molar-refractivity contribution in [3.05, 3.63) is 17.5 Å². The molecule has 2 rings (SSSR count). The maximum absolute atomic E-state index is 5.90. The summed E-state index contributed by atoms with van der Waals surface area (Å²) in [5.74, 6) is 0.799. The summed E-state index contributed by atoms with van der Waals surface area (Å²) >= 11 is 0. The number of hydrogen-bond donors (Lipinski definition) is 0. The smallest absolute Gasteiger partial charge is 0.0702 e. The molecule has 0 amide bonds. The average Bonchev–Trinajstić information content (AvgIpc) is 2.71. The van der Waals surface area contributed by atoms with Crippen LogP contribution in [-0.2, 0) is 18.3 Å². The lowest BCUT2D eigenvalue weighted by atomic mass is 10.0. The Morgan fingerprint density at radius 2 is 2.25 bits per heavy atom. The Kier molecular flexibility index (Phi) is 5.61. The fourth-order valence-electron chi connectivity index (χ4n) is 2.79. The van der Waals surface area contributed by atoms with Crippen molar-refractivity contribution in [3.8, 4) is 0 Å². The first-order chi connectivity index (χ1) is 9.56. The summed E-state index contributed by atoms with van der Waals surface area (Å²) < 4.78 is 7.85. The van der Waals surface area contributed by atoms with Gasteiger partial charge in [-0.15, -0.1) is 0 Å². The van der Waals surface area contributed by atoms with Gasteiger partial charge in [-0.1, -0.05) is 26.7 Å². The van der Waals surface area contributed by atoms with Crippen LogP contribution < -0.4 is 0 Å². The molecule has 0 bridgehead atoms. The van der Waals surface area contributed by atoms with Gasteiger partial charge in [-0.3, -0.25) is 9.58 Å². The van der Waals surface area contributed by atoms with E-state index in [0.717, 1.165) is 32.2 Å². The summed E-state index contributed by atoms with van der Waals surface area (Å²) in [5.41, 5.74) is 2.61. The van der Waals surface area contributed by atoms with Gasteiger partial charge in [0.15, 0.2) is 0 Å². The molecule has 1 aromatic rings. The van der Waals surface area contributed by atoms with Crippen LogP contribution in [0.3, 0.4) is 0 Å². The second-order valence-electron chi connectivity index (χ2n) is 6.43. The highest BCUT2D eigenvalue weighted by atomic mass is 16.5. The van der Waals surface area contributed by atoms with E-state index in [1.165, 1.54) is 30.5 Å². The van der Waals surface area contributed by atoms with Crippen LogP contribution in [0.25, 0.3) is 0 Å². The Labute approximate surface area is 123 Å². The van der Waals surface area contributed by atoms with Gasteiger partial charge in [-0.25, -0.2) is 0 Å². The topological polar surface area (TPSA) is 30.3 Å². The Hall–Kier alpha value is -0.870. The van der Waals surface area contributed by atoms with Gasteiger partial charge in [-0.05, 0) is 19.3 Å². The van der Waals surface area contributed by atoms with Gasteiger partial charge in [0.25, 0.3) is 0 Å². The van der Waals surface area contributed by atoms with Crippen molar-refractivity contribution < 1.29 is 4.74 Å². The normalized spacial score (nSPS) is 20.8. The molecular weight excluding hydrogens is 250 g/mol. The summed E-state index contributed by atoms with van der Waals surface area (Å²) in [6.45, 7) is 10.7. The number of aromatic nitrogens is 2. The Balaban J connectivity index is 1.80. The van der Waals surface area contributed by atoms with Gasteiger partial charge in [0.1, 0.15) is 0 Å². The van der Waals surface area contributed by atoms with E-state index in [1.54, 1.807) is 0 Å². The van der Waals surface area contributed by atoms with Crippen molar-refractivity contribution in [2.75, 3.05) is 19.7 Å². The average molecular weight is 279 g/mol.